The van der Waals surface area contributed by atoms with Crippen LogP contribution in [0.4, 0.5) is 5.82 Å². The second-order valence-electron chi connectivity index (χ2n) is 2.92. The molecular formula is C8H14N2O. The summed E-state index contributed by atoms with van der Waals surface area (Å²) in [7, 11) is 0. The fourth-order valence-electron chi connectivity index (χ4n) is 1.14. The van der Waals surface area contributed by atoms with Gasteiger partial charge >= 0.3 is 0 Å². The van der Waals surface area contributed by atoms with Gasteiger partial charge in [0, 0.05) is 11.5 Å². The van der Waals surface area contributed by atoms with Gasteiger partial charge in [0.15, 0.2) is 5.82 Å². The van der Waals surface area contributed by atoms with Gasteiger partial charge in [0.2, 0.25) is 0 Å². The standard InChI is InChI=1S/C8H14N2O/c1-4-6-7(5(2)3)11-10-8(6)9/h5H,4H2,1-3H3,(H2,9,10). The van der Waals surface area contributed by atoms with Gasteiger partial charge in [-0.15, -0.1) is 0 Å². The predicted molar refractivity (Wildman–Crippen MR) is 44.4 cm³/mol. The summed E-state index contributed by atoms with van der Waals surface area (Å²) in [6.45, 7) is 6.19. The fraction of sp³-hybridized carbons (Fsp3) is 0.625. The summed E-state index contributed by atoms with van der Waals surface area (Å²) in [6, 6.07) is 0. The number of nitrogens with zero attached hydrogens (tertiary/aromatic N) is 1. The molecule has 0 fully saturated rings. The first kappa shape index (κ1) is 8.11. The Morgan fingerprint density at radius 2 is 2.18 bits per heavy atom. The lowest BCUT2D eigenvalue weighted by Crippen LogP contribution is -1.94. The van der Waals surface area contributed by atoms with Crippen LogP contribution in [0.5, 0.6) is 0 Å². The lowest BCUT2D eigenvalue weighted by Gasteiger charge is -2.00. The van der Waals surface area contributed by atoms with Crippen LogP contribution in [-0.2, 0) is 6.42 Å². The van der Waals surface area contributed by atoms with E-state index in [1.165, 1.54) is 0 Å². The van der Waals surface area contributed by atoms with Gasteiger partial charge in [0.1, 0.15) is 5.76 Å². The Bertz CT molecular complexity index is 240. The van der Waals surface area contributed by atoms with Gasteiger partial charge in [-0.2, -0.15) is 0 Å². The summed E-state index contributed by atoms with van der Waals surface area (Å²) in [5.41, 5.74) is 6.64. The molecule has 0 unspecified atom stereocenters. The number of anilines is 1. The summed E-state index contributed by atoms with van der Waals surface area (Å²) in [4.78, 5) is 0. The van der Waals surface area contributed by atoms with Crippen LogP contribution < -0.4 is 5.73 Å². The van der Waals surface area contributed by atoms with Crippen molar-refractivity contribution in [3.8, 4) is 0 Å². The summed E-state index contributed by atoms with van der Waals surface area (Å²) >= 11 is 0. The topological polar surface area (TPSA) is 52.0 Å². The molecule has 0 atom stereocenters. The van der Waals surface area contributed by atoms with E-state index in [4.69, 9.17) is 10.3 Å². The molecule has 0 aliphatic rings. The lowest BCUT2D eigenvalue weighted by atomic mass is 10.1. The maximum Gasteiger partial charge on any atom is 0.170 e. The van der Waals surface area contributed by atoms with E-state index in [0.29, 0.717) is 11.7 Å². The zero-order valence-corrected chi connectivity index (χ0v) is 7.22. The molecule has 0 spiro atoms. The molecular weight excluding hydrogens is 140 g/mol. The number of rotatable bonds is 2. The van der Waals surface area contributed by atoms with Crippen molar-refractivity contribution in [3.05, 3.63) is 11.3 Å². The van der Waals surface area contributed by atoms with E-state index in [9.17, 15) is 0 Å². The largest absolute Gasteiger partial charge is 0.381 e. The maximum atomic E-state index is 5.58. The molecule has 1 rings (SSSR count). The number of nitrogens with two attached hydrogens (primary N) is 1. The monoisotopic (exact) mass is 154 g/mol. The molecule has 1 heterocycles. The highest BCUT2D eigenvalue weighted by molar-refractivity contribution is 5.41. The van der Waals surface area contributed by atoms with E-state index in [-0.39, 0.29) is 0 Å². The quantitative estimate of drug-likeness (QED) is 0.708. The van der Waals surface area contributed by atoms with Crippen molar-refractivity contribution in [2.45, 2.75) is 33.1 Å². The van der Waals surface area contributed by atoms with Crippen molar-refractivity contribution in [3.63, 3.8) is 0 Å². The Balaban J connectivity index is 3.05. The average molecular weight is 154 g/mol. The van der Waals surface area contributed by atoms with Crippen molar-refractivity contribution in [1.82, 2.24) is 5.16 Å². The minimum atomic E-state index is 0.370. The first-order chi connectivity index (χ1) is 5.16. The first-order valence-electron chi connectivity index (χ1n) is 3.90. The molecule has 3 nitrogen and oxygen atoms in total. The Morgan fingerprint density at radius 1 is 1.55 bits per heavy atom. The molecule has 11 heavy (non-hydrogen) atoms. The second-order valence-corrected chi connectivity index (χ2v) is 2.92. The molecule has 0 aromatic carbocycles. The van der Waals surface area contributed by atoms with Crippen molar-refractivity contribution >= 4 is 5.82 Å². The molecule has 0 amide bonds. The maximum absolute atomic E-state index is 5.58. The van der Waals surface area contributed by atoms with E-state index in [0.717, 1.165) is 17.7 Å². The van der Waals surface area contributed by atoms with Gasteiger partial charge < -0.3 is 10.3 Å². The van der Waals surface area contributed by atoms with Crippen molar-refractivity contribution in [2.24, 2.45) is 0 Å². The van der Waals surface area contributed by atoms with Crippen LogP contribution in [-0.4, -0.2) is 5.16 Å². The average Bonchev–Trinajstić information content (AvgIpc) is 2.30. The predicted octanol–water partition coefficient (Wildman–Crippen LogP) is 1.94. The highest BCUT2D eigenvalue weighted by atomic mass is 16.5. The fourth-order valence-corrected chi connectivity index (χ4v) is 1.14. The third-order valence-electron chi connectivity index (χ3n) is 1.73. The van der Waals surface area contributed by atoms with E-state index < -0.39 is 0 Å². The Kier molecular flexibility index (Phi) is 2.17. The SMILES string of the molecule is CCc1c(N)noc1C(C)C. The molecule has 3 heteroatoms. The second kappa shape index (κ2) is 2.95. The zero-order chi connectivity index (χ0) is 8.43. The smallest absolute Gasteiger partial charge is 0.170 e. The van der Waals surface area contributed by atoms with Crippen LogP contribution in [0.15, 0.2) is 4.52 Å². The third-order valence-corrected chi connectivity index (χ3v) is 1.73. The molecule has 0 radical (unpaired) electrons. The number of aromatic nitrogens is 1. The molecule has 0 saturated heterocycles. The van der Waals surface area contributed by atoms with Gasteiger partial charge in [0.05, 0.1) is 0 Å². The molecule has 0 aliphatic carbocycles. The Hall–Kier alpha value is -0.990. The normalized spacial score (nSPS) is 10.9. The van der Waals surface area contributed by atoms with Crippen molar-refractivity contribution < 1.29 is 4.52 Å². The van der Waals surface area contributed by atoms with E-state index in [2.05, 4.69) is 25.9 Å². The van der Waals surface area contributed by atoms with Crippen LogP contribution >= 0.6 is 0 Å². The van der Waals surface area contributed by atoms with Crippen LogP contribution in [0, 0.1) is 0 Å². The van der Waals surface area contributed by atoms with Gasteiger partial charge in [-0.25, -0.2) is 0 Å². The van der Waals surface area contributed by atoms with Crippen LogP contribution in [0.25, 0.3) is 0 Å². The van der Waals surface area contributed by atoms with Gasteiger partial charge in [-0.3, -0.25) is 0 Å². The van der Waals surface area contributed by atoms with Crippen molar-refractivity contribution in [1.29, 1.82) is 0 Å². The first-order valence-corrected chi connectivity index (χ1v) is 3.90. The van der Waals surface area contributed by atoms with Crippen LogP contribution in [0.1, 0.15) is 38.0 Å². The van der Waals surface area contributed by atoms with Crippen LogP contribution in [0.3, 0.4) is 0 Å². The number of hydrogen-bond donors (Lipinski definition) is 1. The minimum absolute atomic E-state index is 0.370. The molecule has 1 aromatic heterocycles. The van der Waals surface area contributed by atoms with Gasteiger partial charge in [-0.05, 0) is 6.42 Å². The minimum Gasteiger partial charge on any atom is -0.381 e. The number of nitrogen functional groups attached to an aromatic ring is 1. The van der Waals surface area contributed by atoms with Crippen LogP contribution in [0.2, 0.25) is 0 Å². The lowest BCUT2D eigenvalue weighted by molar-refractivity contribution is 0.371. The van der Waals surface area contributed by atoms with Gasteiger partial charge in [0.25, 0.3) is 0 Å². The van der Waals surface area contributed by atoms with Gasteiger partial charge in [-0.1, -0.05) is 25.9 Å². The molecule has 2 N–H and O–H groups in total. The van der Waals surface area contributed by atoms with E-state index in [1.807, 2.05) is 0 Å². The molecule has 62 valence electrons. The summed E-state index contributed by atoms with van der Waals surface area (Å²) in [6.07, 6.45) is 0.892. The Morgan fingerprint density at radius 3 is 2.55 bits per heavy atom. The summed E-state index contributed by atoms with van der Waals surface area (Å²) in [5, 5.41) is 3.71. The summed E-state index contributed by atoms with van der Waals surface area (Å²) in [5.74, 6) is 1.83. The molecule has 0 bridgehead atoms. The van der Waals surface area contributed by atoms with E-state index in [1.54, 1.807) is 0 Å². The molecule has 0 aliphatic heterocycles. The Labute approximate surface area is 66.6 Å². The molecule has 0 saturated carbocycles. The highest BCUT2D eigenvalue weighted by Gasteiger charge is 2.14. The van der Waals surface area contributed by atoms with Crippen molar-refractivity contribution in [2.75, 3.05) is 5.73 Å². The third kappa shape index (κ3) is 1.37. The summed E-state index contributed by atoms with van der Waals surface area (Å²) < 4.78 is 5.07. The zero-order valence-electron chi connectivity index (χ0n) is 7.22. The molecule has 1 aromatic rings. The highest BCUT2D eigenvalue weighted by Crippen LogP contribution is 2.23. The number of hydrogen-bond acceptors (Lipinski definition) is 3. The van der Waals surface area contributed by atoms with E-state index >= 15 is 0 Å².